The highest BCUT2D eigenvalue weighted by Gasteiger charge is 1.98. The summed E-state index contributed by atoms with van der Waals surface area (Å²) in [6.07, 6.45) is 22.4. The van der Waals surface area contributed by atoms with E-state index in [0.717, 1.165) is 12.8 Å². The van der Waals surface area contributed by atoms with Crippen molar-refractivity contribution in [2.24, 2.45) is 0 Å². The molecule has 0 aromatic rings. The first-order valence-electron chi connectivity index (χ1n) is 12.5. The highest BCUT2D eigenvalue weighted by Crippen LogP contribution is 2.12. The van der Waals surface area contributed by atoms with Gasteiger partial charge in [0.1, 0.15) is 0 Å². The first-order chi connectivity index (χ1) is 13.3. The molecule has 0 aromatic heterocycles. The van der Waals surface area contributed by atoms with Gasteiger partial charge in [-0.25, -0.2) is 0 Å². The Morgan fingerprint density at radius 2 is 0.704 bits per heavy atom. The summed E-state index contributed by atoms with van der Waals surface area (Å²) in [5.74, 6) is 0. The lowest BCUT2D eigenvalue weighted by Gasteiger charge is -2.19. The Morgan fingerprint density at radius 3 is 0.963 bits per heavy atom. The second-order valence-corrected chi connectivity index (χ2v) is 8.13. The minimum Gasteiger partial charge on any atom is -0.303 e. The van der Waals surface area contributed by atoms with Crippen LogP contribution in [0.4, 0.5) is 4.39 Å². The van der Waals surface area contributed by atoms with Crippen LogP contribution < -0.4 is 0 Å². The van der Waals surface area contributed by atoms with Crippen molar-refractivity contribution in [2.75, 3.05) is 26.3 Å². The molecule has 0 saturated carbocycles. The lowest BCUT2D eigenvalue weighted by Crippen LogP contribution is -2.25. The van der Waals surface area contributed by atoms with E-state index in [9.17, 15) is 4.39 Å². The molecular formula is C25H54FN. The molecule has 0 fully saturated rings. The van der Waals surface area contributed by atoms with Crippen LogP contribution in [-0.4, -0.2) is 31.2 Å². The van der Waals surface area contributed by atoms with Gasteiger partial charge in [0.2, 0.25) is 0 Å². The van der Waals surface area contributed by atoms with Crippen molar-refractivity contribution < 1.29 is 4.39 Å². The number of nitrogens with zero attached hydrogens (tertiary/aromatic N) is 1. The maximum Gasteiger partial charge on any atom is 0.0894 e. The molecule has 2 heteroatoms. The Bertz CT molecular complexity index is 204. The molecule has 1 nitrogen and oxygen atoms in total. The standard InChI is InChI=1S/C16H33F.C9H21N/c1-2-3-4-5-6-7-8-9-10-11-12-13-14-15-16-17;1-4-7-10(8-5-2)9-6-3/h2-16H2,1H3;4-9H2,1-3H3. The second kappa shape index (κ2) is 28.1. The zero-order valence-electron chi connectivity index (χ0n) is 19.7. The van der Waals surface area contributed by atoms with Crippen molar-refractivity contribution in [3.05, 3.63) is 0 Å². The van der Waals surface area contributed by atoms with Gasteiger partial charge in [-0.3, -0.25) is 4.39 Å². The van der Waals surface area contributed by atoms with E-state index in [0.29, 0.717) is 0 Å². The van der Waals surface area contributed by atoms with Crippen molar-refractivity contribution >= 4 is 0 Å². The number of halogens is 1. The highest BCUT2D eigenvalue weighted by atomic mass is 19.1. The van der Waals surface area contributed by atoms with Crippen LogP contribution in [0.5, 0.6) is 0 Å². The van der Waals surface area contributed by atoms with E-state index in [1.54, 1.807) is 0 Å². The molecule has 0 unspecified atom stereocenters. The average molecular weight is 388 g/mol. The van der Waals surface area contributed by atoms with Crippen LogP contribution in [-0.2, 0) is 0 Å². The zero-order chi connectivity index (χ0) is 20.4. The third-order valence-corrected chi connectivity index (χ3v) is 5.11. The van der Waals surface area contributed by atoms with Gasteiger partial charge in [-0.1, -0.05) is 111 Å². The Kier molecular flexibility index (Phi) is 30.3. The fourth-order valence-electron chi connectivity index (χ4n) is 3.57. The van der Waals surface area contributed by atoms with E-state index in [1.165, 1.54) is 116 Å². The van der Waals surface area contributed by atoms with Gasteiger partial charge in [0.15, 0.2) is 0 Å². The molecule has 0 amide bonds. The predicted molar refractivity (Wildman–Crippen MR) is 124 cm³/mol. The summed E-state index contributed by atoms with van der Waals surface area (Å²) in [5, 5.41) is 0. The Morgan fingerprint density at radius 1 is 0.407 bits per heavy atom. The van der Waals surface area contributed by atoms with Gasteiger partial charge in [-0.05, 0) is 45.3 Å². The summed E-state index contributed by atoms with van der Waals surface area (Å²) in [4.78, 5) is 2.54. The molecule has 0 N–H and O–H groups in total. The molecule has 166 valence electrons. The number of alkyl halides is 1. The summed E-state index contributed by atoms with van der Waals surface area (Å²) in [6, 6.07) is 0. The van der Waals surface area contributed by atoms with Crippen molar-refractivity contribution in [3.63, 3.8) is 0 Å². The SMILES string of the molecule is CCCCCCCCCCCCCCCCF.CCCN(CCC)CCC. The molecular weight excluding hydrogens is 333 g/mol. The van der Waals surface area contributed by atoms with Crippen LogP contribution in [0.25, 0.3) is 0 Å². The first-order valence-corrected chi connectivity index (χ1v) is 12.5. The van der Waals surface area contributed by atoms with E-state index in [-0.39, 0.29) is 6.67 Å². The molecule has 0 rings (SSSR count). The summed E-state index contributed by atoms with van der Waals surface area (Å²) >= 11 is 0. The Balaban J connectivity index is 0. The van der Waals surface area contributed by atoms with Crippen LogP contribution in [0, 0.1) is 0 Å². The van der Waals surface area contributed by atoms with E-state index in [4.69, 9.17) is 0 Å². The summed E-state index contributed by atoms with van der Waals surface area (Å²) < 4.78 is 11.8. The molecule has 0 aliphatic carbocycles. The average Bonchev–Trinajstić information content (AvgIpc) is 2.67. The molecule has 0 heterocycles. The molecule has 27 heavy (non-hydrogen) atoms. The van der Waals surface area contributed by atoms with E-state index in [2.05, 4.69) is 32.6 Å². The Hall–Kier alpha value is -0.110. The van der Waals surface area contributed by atoms with Gasteiger partial charge in [-0.2, -0.15) is 0 Å². The van der Waals surface area contributed by atoms with Gasteiger partial charge in [-0.15, -0.1) is 0 Å². The molecule has 0 saturated heterocycles. The van der Waals surface area contributed by atoms with Crippen molar-refractivity contribution in [1.82, 2.24) is 4.90 Å². The summed E-state index contributed by atoms with van der Waals surface area (Å²) in [5.41, 5.74) is 0. The Labute approximate surface area is 172 Å². The minimum atomic E-state index is -0.127. The number of rotatable bonds is 20. The normalized spacial score (nSPS) is 10.9. The molecule has 0 aliphatic heterocycles. The molecule has 0 spiro atoms. The van der Waals surface area contributed by atoms with E-state index in [1.807, 2.05) is 0 Å². The van der Waals surface area contributed by atoms with Crippen molar-refractivity contribution in [1.29, 1.82) is 0 Å². The maximum absolute atomic E-state index is 11.8. The summed E-state index contributed by atoms with van der Waals surface area (Å²) in [7, 11) is 0. The fraction of sp³-hybridized carbons (Fsp3) is 1.00. The van der Waals surface area contributed by atoms with Crippen molar-refractivity contribution in [3.8, 4) is 0 Å². The van der Waals surface area contributed by atoms with Crippen LogP contribution in [0.2, 0.25) is 0 Å². The summed E-state index contributed by atoms with van der Waals surface area (Å²) in [6.45, 7) is 12.7. The van der Waals surface area contributed by atoms with Gasteiger partial charge in [0.25, 0.3) is 0 Å². The third kappa shape index (κ3) is 28.2. The van der Waals surface area contributed by atoms with Crippen LogP contribution in [0.3, 0.4) is 0 Å². The largest absolute Gasteiger partial charge is 0.303 e. The fourth-order valence-corrected chi connectivity index (χ4v) is 3.57. The number of hydrogen-bond donors (Lipinski definition) is 0. The van der Waals surface area contributed by atoms with Gasteiger partial charge in [0, 0.05) is 0 Å². The van der Waals surface area contributed by atoms with E-state index >= 15 is 0 Å². The second-order valence-electron chi connectivity index (χ2n) is 8.13. The molecule has 0 aliphatic rings. The van der Waals surface area contributed by atoms with Crippen LogP contribution in [0.1, 0.15) is 137 Å². The van der Waals surface area contributed by atoms with E-state index < -0.39 is 0 Å². The topological polar surface area (TPSA) is 3.24 Å². The lowest BCUT2D eigenvalue weighted by atomic mass is 10.0. The van der Waals surface area contributed by atoms with Crippen molar-refractivity contribution in [2.45, 2.75) is 137 Å². The van der Waals surface area contributed by atoms with Gasteiger partial charge < -0.3 is 4.90 Å². The lowest BCUT2D eigenvalue weighted by molar-refractivity contribution is 0.275. The highest BCUT2D eigenvalue weighted by molar-refractivity contribution is 4.53. The molecule has 0 bridgehead atoms. The zero-order valence-corrected chi connectivity index (χ0v) is 19.7. The van der Waals surface area contributed by atoms with Gasteiger partial charge in [0.05, 0.1) is 6.67 Å². The third-order valence-electron chi connectivity index (χ3n) is 5.11. The van der Waals surface area contributed by atoms with Gasteiger partial charge >= 0.3 is 0 Å². The monoisotopic (exact) mass is 387 g/mol. The number of hydrogen-bond acceptors (Lipinski definition) is 1. The number of unbranched alkanes of at least 4 members (excludes halogenated alkanes) is 13. The predicted octanol–water partition coefficient (Wildman–Crippen LogP) is 8.96. The van der Waals surface area contributed by atoms with Crippen LogP contribution in [0.15, 0.2) is 0 Å². The first kappa shape index (κ1) is 29.1. The molecule has 0 aromatic carbocycles. The molecule has 0 radical (unpaired) electrons. The maximum atomic E-state index is 11.8. The molecule has 0 atom stereocenters. The van der Waals surface area contributed by atoms with Crippen LogP contribution >= 0.6 is 0 Å². The minimum absolute atomic E-state index is 0.127. The quantitative estimate of drug-likeness (QED) is 0.188. The smallest absolute Gasteiger partial charge is 0.0894 e.